The minimum absolute atomic E-state index is 0.0886. The summed E-state index contributed by atoms with van der Waals surface area (Å²) >= 11 is 5.58. The van der Waals surface area contributed by atoms with E-state index in [4.69, 9.17) is 11.6 Å². The lowest BCUT2D eigenvalue weighted by Gasteiger charge is -2.25. The van der Waals surface area contributed by atoms with Crippen LogP contribution in [-0.2, 0) is 10.0 Å². The maximum absolute atomic E-state index is 11.8. The zero-order valence-electron chi connectivity index (χ0n) is 7.98. The largest absolute Gasteiger partial charge is 0.243 e. The summed E-state index contributed by atoms with van der Waals surface area (Å²) in [4.78, 5) is 3.91. The molecular formula is C9H11ClN2O2S. The lowest BCUT2D eigenvalue weighted by atomic mass is 9.94. The fraction of sp³-hybridized carbons (Fsp3) is 0.444. The van der Waals surface area contributed by atoms with E-state index >= 15 is 0 Å². The smallest absolute Gasteiger partial charge is 0.242 e. The molecule has 1 heterocycles. The summed E-state index contributed by atoms with van der Waals surface area (Å²) in [6, 6.07) is 3.01. The lowest BCUT2D eigenvalue weighted by Crippen LogP contribution is -2.39. The molecule has 0 unspecified atom stereocenters. The molecule has 2 rings (SSSR count). The van der Waals surface area contributed by atoms with Crippen LogP contribution in [0.15, 0.2) is 23.2 Å². The Balaban J connectivity index is 2.17. The van der Waals surface area contributed by atoms with E-state index in [0.717, 1.165) is 19.3 Å². The summed E-state index contributed by atoms with van der Waals surface area (Å²) in [7, 11) is -3.41. The summed E-state index contributed by atoms with van der Waals surface area (Å²) in [5.74, 6) is 0. The maximum Gasteiger partial charge on any atom is 0.242 e. The van der Waals surface area contributed by atoms with Crippen molar-refractivity contribution in [1.82, 2.24) is 9.71 Å². The normalized spacial score (nSPS) is 17.4. The highest BCUT2D eigenvalue weighted by Gasteiger charge is 2.24. The first-order valence-electron chi connectivity index (χ1n) is 4.72. The molecule has 6 heteroatoms. The predicted molar refractivity (Wildman–Crippen MR) is 57.2 cm³/mol. The number of sulfonamides is 1. The van der Waals surface area contributed by atoms with Crippen molar-refractivity contribution in [2.75, 3.05) is 0 Å². The van der Waals surface area contributed by atoms with Crippen molar-refractivity contribution in [2.45, 2.75) is 30.2 Å². The maximum atomic E-state index is 11.8. The second kappa shape index (κ2) is 4.08. The molecule has 1 N–H and O–H groups in total. The van der Waals surface area contributed by atoms with Crippen molar-refractivity contribution >= 4 is 21.6 Å². The third-order valence-electron chi connectivity index (χ3n) is 2.44. The van der Waals surface area contributed by atoms with Crippen molar-refractivity contribution in [1.29, 1.82) is 0 Å². The van der Waals surface area contributed by atoms with Crippen molar-refractivity contribution in [3.8, 4) is 0 Å². The molecule has 1 aromatic heterocycles. The highest BCUT2D eigenvalue weighted by Crippen LogP contribution is 2.21. The topological polar surface area (TPSA) is 59.1 Å². The SMILES string of the molecule is O=S(=O)(NC1CCC1)c1ccc(Cl)nc1. The predicted octanol–water partition coefficient (Wildman–Crippen LogP) is 1.57. The van der Waals surface area contributed by atoms with Gasteiger partial charge >= 0.3 is 0 Å². The molecule has 0 aromatic carbocycles. The summed E-state index contributed by atoms with van der Waals surface area (Å²) in [6.07, 6.45) is 4.19. The van der Waals surface area contributed by atoms with Crippen LogP contribution in [-0.4, -0.2) is 19.4 Å². The summed E-state index contributed by atoms with van der Waals surface area (Å²) < 4.78 is 26.1. The molecule has 0 radical (unpaired) electrons. The Kier molecular flexibility index (Phi) is 2.95. The highest BCUT2D eigenvalue weighted by atomic mass is 35.5. The molecule has 0 aliphatic heterocycles. The van der Waals surface area contributed by atoms with Gasteiger partial charge in [0.05, 0.1) is 0 Å². The van der Waals surface area contributed by atoms with E-state index in [1.165, 1.54) is 18.3 Å². The number of pyridine rings is 1. The molecule has 0 bridgehead atoms. The van der Waals surface area contributed by atoms with Crippen molar-refractivity contribution < 1.29 is 8.42 Å². The van der Waals surface area contributed by atoms with Gasteiger partial charge in [0, 0.05) is 12.2 Å². The number of hydrogen-bond acceptors (Lipinski definition) is 3. The van der Waals surface area contributed by atoms with E-state index in [1.807, 2.05) is 0 Å². The molecule has 1 saturated carbocycles. The Morgan fingerprint density at radius 2 is 2.13 bits per heavy atom. The molecule has 1 aliphatic carbocycles. The van der Waals surface area contributed by atoms with Crippen LogP contribution in [0.3, 0.4) is 0 Å². The van der Waals surface area contributed by atoms with Gasteiger partial charge in [-0.25, -0.2) is 18.1 Å². The summed E-state index contributed by atoms with van der Waals surface area (Å²) in [5, 5.41) is 0.289. The Morgan fingerprint density at radius 1 is 1.40 bits per heavy atom. The van der Waals surface area contributed by atoms with Crippen LogP contribution < -0.4 is 4.72 Å². The van der Waals surface area contributed by atoms with E-state index < -0.39 is 10.0 Å². The number of nitrogens with one attached hydrogen (secondary N) is 1. The average Bonchev–Trinajstić information content (AvgIpc) is 2.13. The van der Waals surface area contributed by atoms with Gasteiger partial charge in [0.2, 0.25) is 10.0 Å². The van der Waals surface area contributed by atoms with Gasteiger partial charge in [-0.15, -0.1) is 0 Å². The van der Waals surface area contributed by atoms with Crippen LogP contribution in [0.25, 0.3) is 0 Å². The molecule has 1 aromatic rings. The molecular weight excluding hydrogens is 236 g/mol. The average molecular weight is 247 g/mol. The number of hydrogen-bond donors (Lipinski definition) is 1. The first-order chi connectivity index (χ1) is 7.08. The van der Waals surface area contributed by atoms with Gasteiger partial charge < -0.3 is 0 Å². The van der Waals surface area contributed by atoms with Crippen molar-refractivity contribution in [3.63, 3.8) is 0 Å². The molecule has 1 fully saturated rings. The third-order valence-corrected chi connectivity index (χ3v) is 4.17. The number of halogens is 1. The monoisotopic (exact) mass is 246 g/mol. The molecule has 15 heavy (non-hydrogen) atoms. The van der Waals surface area contributed by atoms with Crippen LogP contribution in [0.4, 0.5) is 0 Å². The van der Waals surface area contributed by atoms with Crippen LogP contribution in [0.2, 0.25) is 5.15 Å². The quantitative estimate of drug-likeness (QED) is 0.824. The molecule has 0 atom stereocenters. The Morgan fingerprint density at radius 3 is 2.60 bits per heavy atom. The van der Waals surface area contributed by atoms with Crippen molar-refractivity contribution in [2.24, 2.45) is 0 Å². The molecule has 4 nitrogen and oxygen atoms in total. The zero-order chi connectivity index (χ0) is 10.9. The molecule has 1 aliphatic rings. The van der Waals surface area contributed by atoms with Gasteiger partial charge in [-0.2, -0.15) is 0 Å². The number of aromatic nitrogens is 1. The second-order valence-electron chi connectivity index (χ2n) is 3.57. The zero-order valence-corrected chi connectivity index (χ0v) is 9.55. The van der Waals surface area contributed by atoms with Crippen LogP contribution in [0, 0.1) is 0 Å². The van der Waals surface area contributed by atoms with Gasteiger partial charge in [0.1, 0.15) is 10.0 Å². The van der Waals surface area contributed by atoms with E-state index in [2.05, 4.69) is 9.71 Å². The fourth-order valence-corrected chi connectivity index (χ4v) is 2.70. The Labute approximate surface area is 93.7 Å². The van der Waals surface area contributed by atoms with Crippen LogP contribution in [0.5, 0.6) is 0 Å². The van der Waals surface area contributed by atoms with Gasteiger partial charge in [0.25, 0.3) is 0 Å². The summed E-state index contributed by atoms with van der Waals surface area (Å²) in [6.45, 7) is 0. The molecule has 0 saturated heterocycles. The van der Waals surface area contributed by atoms with Crippen LogP contribution >= 0.6 is 11.6 Å². The van der Waals surface area contributed by atoms with Crippen LogP contribution in [0.1, 0.15) is 19.3 Å². The minimum atomic E-state index is -3.41. The number of nitrogens with zero attached hydrogens (tertiary/aromatic N) is 1. The van der Waals surface area contributed by atoms with Gasteiger partial charge in [-0.1, -0.05) is 18.0 Å². The summed E-state index contributed by atoms with van der Waals surface area (Å²) in [5.41, 5.74) is 0. The second-order valence-corrected chi connectivity index (χ2v) is 5.67. The van der Waals surface area contributed by atoms with E-state index in [1.54, 1.807) is 0 Å². The Bertz CT molecular complexity index is 440. The Hall–Kier alpha value is -0.650. The first kappa shape index (κ1) is 10.9. The van der Waals surface area contributed by atoms with Gasteiger partial charge in [-0.3, -0.25) is 0 Å². The van der Waals surface area contributed by atoms with E-state index in [0.29, 0.717) is 0 Å². The highest BCUT2D eigenvalue weighted by molar-refractivity contribution is 7.89. The molecule has 0 spiro atoms. The van der Waals surface area contributed by atoms with E-state index in [-0.39, 0.29) is 16.1 Å². The standard InChI is InChI=1S/C9H11ClN2O2S/c10-9-5-4-8(6-11-9)15(13,14)12-7-2-1-3-7/h4-7,12H,1-3H2. The van der Waals surface area contributed by atoms with Crippen molar-refractivity contribution in [3.05, 3.63) is 23.5 Å². The molecule has 82 valence electrons. The fourth-order valence-electron chi connectivity index (χ4n) is 1.33. The van der Waals surface area contributed by atoms with E-state index in [9.17, 15) is 8.42 Å². The lowest BCUT2D eigenvalue weighted by molar-refractivity contribution is 0.383. The van der Waals surface area contributed by atoms with Gasteiger partial charge in [-0.05, 0) is 25.0 Å². The third kappa shape index (κ3) is 2.48. The minimum Gasteiger partial charge on any atom is -0.243 e. The first-order valence-corrected chi connectivity index (χ1v) is 6.58. The number of rotatable bonds is 3. The molecule has 0 amide bonds. The van der Waals surface area contributed by atoms with Gasteiger partial charge in [0.15, 0.2) is 0 Å².